The molecule has 0 spiro atoms. The molecule has 1 aromatic rings. The van der Waals surface area contributed by atoms with Crippen LogP contribution in [0.5, 0.6) is 0 Å². The lowest BCUT2D eigenvalue weighted by Gasteiger charge is -1.96. The molecule has 0 saturated carbocycles. The molecule has 3 nitrogen and oxygen atoms in total. The Balaban J connectivity index is 2.64. The summed E-state index contributed by atoms with van der Waals surface area (Å²) in [4.78, 5) is 10.5. The van der Waals surface area contributed by atoms with Gasteiger partial charge in [-0.1, -0.05) is 11.8 Å². The Morgan fingerprint density at radius 3 is 2.93 bits per heavy atom. The van der Waals surface area contributed by atoms with E-state index in [1.54, 1.807) is 6.07 Å². The van der Waals surface area contributed by atoms with Gasteiger partial charge < -0.3 is 11.1 Å². The van der Waals surface area contributed by atoms with Gasteiger partial charge in [0.15, 0.2) is 0 Å². The van der Waals surface area contributed by atoms with Crippen molar-refractivity contribution in [1.29, 1.82) is 0 Å². The standard InChI is InChI=1S/C11H11FN2O/c1-8(15)14-6-2-3-9-4-5-11(13)10(12)7-9/h4-5,7H,6,13H2,1H3,(H,14,15). The van der Waals surface area contributed by atoms with Crippen LogP contribution in [0.2, 0.25) is 0 Å². The maximum atomic E-state index is 13.0. The van der Waals surface area contributed by atoms with E-state index in [4.69, 9.17) is 5.73 Å². The molecule has 1 rings (SSSR count). The van der Waals surface area contributed by atoms with Gasteiger partial charge in [0.25, 0.3) is 0 Å². The smallest absolute Gasteiger partial charge is 0.217 e. The third-order valence-corrected chi connectivity index (χ3v) is 1.66. The molecule has 0 unspecified atom stereocenters. The van der Waals surface area contributed by atoms with Crippen LogP contribution >= 0.6 is 0 Å². The molecule has 0 aromatic heterocycles. The van der Waals surface area contributed by atoms with Crippen molar-refractivity contribution in [3.8, 4) is 11.8 Å². The molecule has 0 atom stereocenters. The van der Waals surface area contributed by atoms with Gasteiger partial charge in [-0.3, -0.25) is 4.79 Å². The molecule has 0 aliphatic rings. The van der Waals surface area contributed by atoms with Gasteiger partial charge in [-0.2, -0.15) is 0 Å². The predicted molar refractivity (Wildman–Crippen MR) is 56.4 cm³/mol. The van der Waals surface area contributed by atoms with Crippen LogP contribution in [0.15, 0.2) is 18.2 Å². The van der Waals surface area contributed by atoms with E-state index in [0.29, 0.717) is 5.56 Å². The molecule has 1 aromatic carbocycles. The average molecular weight is 206 g/mol. The van der Waals surface area contributed by atoms with E-state index in [9.17, 15) is 9.18 Å². The second-order valence-electron chi connectivity index (χ2n) is 2.95. The Kier molecular flexibility index (Phi) is 3.69. The molecular formula is C11H11FN2O. The quantitative estimate of drug-likeness (QED) is 0.529. The molecule has 78 valence electrons. The zero-order valence-electron chi connectivity index (χ0n) is 8.30. The largest absolute Gasteiger partial charge is 0.396 e. The first-order valence-electron chi connectivity index (χ1n) is 4.38. The maximum Gasteiger partial charge on any atom is 0.217 e. The Labute approximate surface area is 87.5 Å². The minimum absolute atomic E-state index is 0.0995. The van der Waals surface area contributed by atoms with Crippen molar-refractivity contribution >= 4 is 11.6 Å². The number of benzene rings is 1. The minimum atomic E-state index is -0.485. The number of amides is 1. The van der Waals surface area contributed by atoms with E-state index in [1.807, 2.05) is 0 Å². The van der Waals surface area contributed by atoms with E-state index in [-0.39, 0.29) is 18.1 Å². The third kappa shape index (κ3) is 3.69. The van der Waals surface area contributed by atoms with Crippen molar-refractivity contribution in [1.82, 2.24) is 5.32 Å². The van der Waals surface area contributed by atoms with E-state index in [0.717, 1.165) is 0 Å². The summed E-state index contributed by atoms with van der Waals surface area (Å²) in [7, 11) is 0. The van der Waals surface area contributed by atoms with Crippen LogP contribution in [-0.4, -0.2) is 12.5 Å². The van der Waals surface area contributed by atoms with Crippen molar-refractivity contribution < 1.29 is 9.18 Å². The Morgan fingerprint density at radius 2 is 2.33 bits per heavy atom. The number of carbonyl (C=O) groups is 1. The number of nitrogens with two attached hydrogens (primary N) is 1. The third-order valence-electron chi connectivity index (χ3n) is 1.66. The fourth-order valence-electron chi connectivity index (χ4n) is 0.920. The molecular weight excluding hydrogens is 195 g/mol. The Morgan fingerprint density at radius 1 is 1.60 bits per heavy atom. The lowest BCUT2D eigenvalue weighted by atomic mass is 10.2. The van der Waals surface area contributed by atoms with Crippen molar-refractivity contribution in [2.75, 3.05) is 12.3 Å². The molecule has 1 amide bonds. The number of anilines is 1. The number of halogens is 1. The van der Waals surface area contributed by atoms with Crippen LogP contribution in [0, 0.1) is 17.7 Å². The van der Waals surface area contributed by atoms with Crippen LogP contribution in [0.1, 0.15) is 12.5 Å². The fraction of sp³-hybridized carbons (Fsp3) is 0.182. The molecule has 4 heteroatoms. The maximum absolute atomic E-state index is 13.0. The molecule has 0 saturated heterocycles. The minimum Gasteiger partial charge on any atom is -0.396 e. The number of carbonyl (C=O) groups excluding carboxylic acids is 1. The number of hydrogen-bond acceptors (Lipinski definition) is 2. The monoisotopic (exact) mass is 206 g/mol. The molecule has 0 radical (unpaired) electrons. The second kappa shape index (κ2) is 5.01. The van der Waals surface area contributed by atoms with Crippen LogP contribution < -0.4 is 11.1 Å². The van der Waals surface area contributed by atoms with Gasteiger partial charge in [0.1, 0.15) is 5.82 Å². The lowest BCUT2D eigenvalue weighted by molar-refractivity contribution is -0.118. The summed E-state index contributed by atoms with van der Waals surface area (Å²) >= 11 is 0. The van der Waals surface area contributed by atoms with E-state index in [1.165, 1.54) is 19.1 Å². The second-order valence-corrected chi connectivity index (χ2v) is 2.95. The first kappa shape index (κ1) is 11.1. The van der Waals surface area contributed by atoms with Crippen molar-refractivity contribution in [2.45, 2.75) is 6.92 Å². The number of hydrogen-bond donors (Lipinski definition) is 2. The summed E-state index contributed by atoms with van der Waals surface area (Å²) in [5.41, 5.74) is 5.94. The summed E-state index contributed by atoms with van der Waals surface area (Å²) < 4.78 is 13.0. The topological polar surface area (TPSA) is 55.1 Å². The number of nitrogens with one attached hydrogen (secondary N) is 1. The average Bonchev–Trinajstić information content (AvgIpc) is 2.18. The summed E-state index contributed by atoms with van der Waals surface area (Å²) in [5.74, 6) is 4.77. The van der Waals surface area contributed by atoms with Crippen molar-refractivity contribution in [2.24, 2.45) is 0 Å². The van der Waals surface area contributed by atoms with Gasteiger partial charge in [-0.05, 0) is 18.2 Å². The summed E-state index contributed by atoms with van der Waals surface area (Å²) in [5, 5.41) is 2.51. The van der Waals surface area contributed by atoms with Crippen LogP contribution in [0.25, 0.3) is 0 Å². The summed E-state index contributed by atoms with van der Waals surface area (Å²) in [6, 6.07) is 4.34. The molecule has 3 N–H and O–H groups in total. The zero-order valence-corrected chi connectivity index (χ0v) is 8.30. The van der Waals surface area contributed by atoms with Gasteiger partial charge in [0.2, 0.25) is 5.91 Å². The molecule has 0 heterocycles. The van der Waals surface area contributed by atoms with Gasteiger partial charge >= 0.3 is 0 Å². The van der Waals surface area contributed by atoms with Gasteiger partial charge in [0.05, 0.1) is 12.2 Å². The highest BCUT2D eigenvalue weighted by molar-refractivity contribution is 5.73. The Bertz CT molecular complexity index is 432. The van der Waals surface area contributed by atoms with E-state index >= 15 is 0 Å². The summed E-state index contributed by atoms with van der Waals surface area (Å²) in [6.45, 7) is 1.66. The van der Waals surface area contributed by atoms with E-state index < -0.39 is 5.82 Å². The molecule has 0 aliphatic heterocycles. The fourth-order valence-corrected chi connectivity index (χ4v) is 0.920. The SMILES string of the molecule is CC(=O)NCC#Cc1ccc(N)c(F)c1. The van der Waals surface area contributed by atoms with E-state index in [2.05, 4.69) is 17.2 Å². The highest BCUT2D eigenvalue weighted by Gasteiger charge is 1.96. The number of nitrogen functional groups attached to an aromatic ring is 1. The molecule has 0 aliphatic carbocycles. The highest BCUT2D eigenvalue weighted by Crippen LogP contribution is 2.10. The molecule has 15 heavy (non-hydrogen) atoms. The van der Waals surface area contributed by atoms with Gasteiger partial charge in [-0.15, -0.1) is 0 Å². The lowest BCUT2D eigenvalue weighted by Crippen LogP contribution is -2.19. The number of rotatable bonds is 1. The first-order chi connectivity index (χ1) is 7.09. The molecule has 0 bridgehead atoms. The van der Waals surface area contributed by atoms with Crippen LogP contribution in [0.4, 0.5) is 10.1 Å². The van der Waals surface area contributed by atoms with Crippen molar-refractivity contribution in [3.05, 3.63) is 29.6 Å². The summed E-state index contributed by atoms with van der Waals surface area (Å²) in [6.07, 6.45) is 0. The van der Waals surface area contributed by atoms with Gasteiger partial charge in [-0.25, -0.2) is 4.39 Å². The first-order valence-corrected chi connectivity index (χ1v) is 4.38. The highest BCUT2D eigenvalue weighted by atomic mass is 19.1. The molecule has 0 fully saturated rings. The normalized spacial score (nSPS) is 8.93. The zero-order chi connectivity index (χ0) is 11.3. The Hall–Kier alpha value is -2.02. The van der Waals surface area contributed by atoms with Crippen LogP contribution in [-0.2, 0) is 4.79 Å². The van der Waals surface area contributed by atoms with Crippen LogP contribution in [0.3, 0.4) is 0 Å². The van der Waals surface area contributed by atoms with Gasteiger partial charge in [0, 0.05) is 12.5 Å². The predicted octanol–water partition coefficient (Wildman–Crippen LogP) is 0.896. The van der Waals surface area contributed by atoms with Crippen molar-refractivity contribution in [3.63, 3.8) is 0 Å².